The molecule has 0 bridgehead atoms. The lowest BCUT2D eigenvalue weighted by atomic mass is 10.1. The molecular weight excluding hydrogens is 466 g/mol. The number of pyridine rings is 1. The van der Waals surface area contributed by atoms with Crippen molar-refractivity contribution in [1.29, 1.82) is 0 Å². The van der Waals surface area contributed by atoms with Gasteiger partial charge in [0.1, 0.15) is 5.69 Å². The molecule has 10 heteroatoms. The molecule has 1 aromatic carbocycles. The minimum atomic E-state index is -3.59. The van der Waals surface area contributed by atoms with E-state index in [1.165, 1.54) is 9.71 Å². The van der Waals surface area contributed by atoms with Crippen molar-refractivity contribution >= 4 is 33.0 Å². The molecular formula is C25H25N5O4S. The number of aryl methyl sites for hydroxylation is 2. The van der Waals surface area contributed by atoms with Gasteiger partial charge in [0, 0.05) is 38.6 Å². The number of sulfonamides is 1. The summed E-state index contributed by atoms with van der Waals surface area (Å²) >= 11 is 0. The molecule has 4 heterocycles. The molecule has 0 spiro atoms. The number of rotatable bonds is 5. The van der Waals surface area contributed by atoms with E-state index < -0.39 is 10.0 Å². The molecule has 4 aromatic rings. The number of hydrogen-bond donors (Lipinski definition) is 0. The first-order valence-electron chi connectivity index (χ1n) is 11.2. The Morgan fingerprint density at radius 1 is 1.06 bits per heavy atom. The van der Waals surface area contributed by atoms with E-state index in [4.69, 9.17) is 4.42 Å². The summed E-state index contributed by atoms with van der Waals surface area (Å²) < 4.78 is 34.2. The molecule has 1 fully saturated rings. The van der Waals surface area contributed by atoms with E-state index in [1.54, 1.807) is 47.2 Å². The lowest BCUT2D eigenvalue weighted by Crippen LogP contribution is -2.50. The predicted molar refractivity (Wildman–Crippen MR) is 133 cm³/mol. The van der Waals surface area contributed by atoms with Crippen LogP contribution in [0.3, 0.4) is 0 Å². The number of carbonyl (C=O) groups excluding carboxylic acids is 1. The number of furan rings is 1. The average molecular weight is 492 g/mol. The third-order valence-corrected chi connectivity index (χ3v) is 7.66. The Balaban J connectivity index is 1.38. The molecule has 5 rings (SSSR count). The van der Waals surface area contributed by atoms with Gasteiger partial charge in [-0.25, -0.2) is 13.4 Å². The maximum Gasteiger partial charge on any atom is 0.254 e. The molecule has 3 aromatic heterocycles. The van der Waals surface area contributed by atoms with Crippen molar-refractivity contribution in [1.82, 2.24) is 24.0 Å². The van der Waals surface area contributed by atoms with Crippen LogP contribution in [0.5, 0.6) is 0 Å². The van der Waals surface area contributed by atoms with Crippen LogP contribution in [0.25, 0.3) is 28.6 Å². The zero-order valence-corrected chi connectivity index (χ0v) is 20.3. The van der Waals surface area contributed by atoms with E-state index in [9.17, 15) is 13.2 Å². The number of carbonyl (C=O) groups is 1. The smallest absolute Gasteiger partial charge is 0.254 e. The van der Waals surface area contributed by atoms with Crippen molar-refractivity contribution in [2.45, 2.75) is 6.92 Å². The predicted octanol–water partition coefficient (Wildman–Crippen LogP) is 3.30. The van der Waals surface area contributed by atoms with E-state index >= 15 is 0 Å². The van der Waals surface area contributed by atoms with Crippen LogP contribution in [0.4, 0.5) is 0 Å². The normalized spacial score (nSPS) is 15.3. The molecule has 0 unspecified atom stereocenters. The van der Waals surface area contributed by atoms with Crippen molar-refractivity contribution in [2.24, 2.45) is 7.05 Å². The number of aromatic nitrogens is 3. The average Bonchev–Trinajstić information content (AvgIpc) is 3.51. The second kappa shape index (κ2) is 9.12. The zero-order valence-electron chi connectivity index (χ0n) is 19.5. The van der Waals surface area contributed by atoms with Crippen LogP contribution in [0.1, 0.15) is 21.6 Å². The molecule has 180 valence electrons. The summed E-state index contributed by atoms with van der Waals surface area (Å²) in [6, 6.07) is 14.6. The molecule has 0 radical (unpaired) electrons. The van der Waals surface area contributed by atoms with E-state index in [2.05, 4.69) is 10.1 Å². The Hall–Kier alpha value is -3.76. The summed E-state index contributed by atoms with van der Waals surface area (Å²) in [4.78, 5) is 20.0. The Morgan fingerprint density at radius 3 is 2.49 bits per heavy atom. The maximum atomic E-state index is 13.6. The number of nitrogens with zero attached hydrogens (tertiary/aromatic N) is 5. The van der Waals surface area contributed by atoms with Crippen molar-refractivity contribution < 1.29 is 17.6 Å². The van der Waals surface area contributed by atoms with Crippen molar-refractivity contribution in [3.63, 3.8) is 0 Å². The Bertz CT molecular complexity index is 1500. The summed E-state index contributed by atoms with van der Waals surface area (Å²) in [6.45, 7) is 2.86. The highest BCUT2D eigenvalue weighted by Crippen LogP contribution is 2.28. The zero-order chi connectivity index (χ0) is 24.6. The molecule has 1 aliphatic rings. The molecule has 0 aliphatic carbocycles. The molecule has 1 saturated heterocycles. The molecule has 0 N–H and O–H groups in total. The van der Waals surface area contributed by atoms with Gasteiger partial charge >= 0.3 is 0 Å². The molecule has 35 heavy (non-hydrogen) atoms. The maximum absolute atomic E-state index is 13.6. The van der Waals surface area contributed by atoms with Gasteiger partial charge in [-0.05, 0) is 36.8 Å². The third kappa shape index (κ3) is 4.50. The first-order chi connectivity index (χ1) is 16.8. The van der Waals surface area contributed by atoms with Gasteiger partial charge < -0.3 is 9.32 Å². The highest BCUT2D eigenvalue weighted by Gasteiger charge is 2.30. The van der Waals surface area contributed by atoms with Crippen LogP contribution < -0.4 is 0 Å². The van der Waals surface area contributed by atoms with Gasteiger partial charge in [-0.15, -0.1) is 0 Å². The van der Waals surface area contributed by atoms with E-state index in [0.717, 1.165) is 5.56 Å². The van der Waals surface area contributed by atoms with Crippen LogP contribution >= 0.6 is 0 Å². The number of fused-ring (bicyclic) bond motifs is 1. The van der Waals surface area contributed by atoms with Gasteiger partial charge in [-0.1, -0.05) is 30.3 Å². The summed E-state index contributed by atoms with van der Waals surface area (Å²) in [6.07, 6.45) is 3.14. The van der Waals surface area contributed by atoms with Crippen LogP contribution in [-0.2, 0) is 17.1 Å². The first-order valence-corrected chi connectivity index (χ1v) is 12.7. The van der Waals surface area contributed by atoms with Gasteiger partial charge in [0.15, 0.2) is 11.4 Å². The van der Waals surface area contributed by atoms with E-state index in [1.807, 2.05) is 37.3 Å². The van der Waals surface area contributed by atoms with E-state index in [-0.39, 0.29) is 32.1 Å². The topological polar surface area (TPSA) is 102 Å². The van der Waals surface area contributed by atoms with Gasteiger partial charge in [0.05, 0.1) is 22.9 Å². The minimum absolute atomic E-state index is 0.182. The fraction of sp³-hybridized carbons (Fsp3) is 0.240. The lowest BCUT2D eigenvalue weighted by molar-refractivity contribution is 0.0700. The second-order valence-electron chi connectivity index (χ2n) is 8.39. The van der Waals surface area contributed by atoms with Crippen LogP contribution in [0.2, 0.25) is 0 Å². The molecule has 1 amide bonds. The van der Waals surface area contributed by atoms with Gasteiger partial charge in [-0.3, -0.25) is 9.48 Å². The third-order valence-electron chi connectivity index (χ3n) is 6.09. The SMILES string of the molecule is Cc1nn(C)c2nc(-c3ccco3)cc(C(=O)N3CCN(S(=O)(=O)/C=C/c4ccccc4)CC3)c12. The fourth-order valence-corrected chi connectivity index (χ4v) is 5.47. The molecule has 1 aliphatic heterocycles. The highest BCUT2D eigenvalue weighted by molar-refractivity contribution is 7.92. The largest absolute Gasteiger partial charge is 0.463 e. The van der Waals surface area contributed by atoms with Crippen molar-refractivity contribution in [3.05, 3.63) is 77.0 Å². The van der Waals surface area contributed by atoms with Gasteiger partial charge in [0.2, 0.25) is 10.0 Å². The van der Waals surface area contributed by atoms with Crippen molar-refractivity contribution in [3.8, 4) is 11.5 Å². The number of hydrogen-bond acceptors (Lipinski definition) is 6. The minimum Gasteiger partial charge on any atom is -0.463 e. The Morgan fingerprint density at radius 2 is 1.80 bits per heavy atom. The first kappa shape index (κ1) is 23.0. The quantitative estimate of drug-likeness (QED) is 0.425. The summed E-state index contributed by atoms with van der Waals surface area (Å²) in [7, 11) is -1.80. The van der Waals surface area contributed by atoms with Gasteiger partial charge in [-0.2, -0.15) is 9.40 Å². The monoisotopic (exact) mass is 491 g/mol. The Kier molecular flexibility index (Phi) is 6.00. The lowest BCUT2D eigenvalue weighted by Gasteiger charge is -2.33. The highest BCUT2D eigenvalue weighted by atomic mass is 32.2. The number of piperazine rings is 1. The number of benzene rings is 1. The van der Waals surface area contributed by atoms with Gasteiger partial charge in [0.25, 0.3) is 5.91 Å². The Labute approximate surface area is 203 Å². The molecule has 0 saturated carbocycles. The van der Waals surface area contributed by atoms with Crippen molar-refractivity contribution in [2.75, 3.05) is 26.2 Å². The summed E-state index contributed by atoms with van der Waals surface area (Å²) in [5, 5.41) is 6.36. The standard InChI is InChI=1S/C25H25N5O4S/c1-18-23-20(17-21(22-9-6-15-34-22)26-24(23)28(2)27-18)25(31)29-11-13-30(14-12-29)35(32,33)16-10-19-7-4-3-5-8-19/h3-10,15-17H,11-14H2,1-2H3/b16-10+. The fourth-order valence-electron chi connectivity index (χ4n) is 4.29. The molecule has 0 atom stereocenters. The van der Waals surface area contributed by atoms with Crippen LogP contribution in [-0.4, -0.2) is 64.5 Å². The second-order valence-corrected chi connectivity index (χ2v) is 10.2. The summed E-state index contributed by atoms with van der Waals surface area (Å²) in [5.74, 6) is 0.374. The number of amides is 1. The van der Waals surface area contributed by atoms with E-state index in [0.29, 0.717) is 33.7 Å². The summed E-state index contributed by atoms with van der Waals surface area (Å²) in [5.41, 5.74) is 3.13. The van der Waals surface area contributed by atoms with Crippen LogP contribution in [0, 0.1) is 6.92 Å². The molecule has 9 nitrogen and oxygen atoms in total. The van der Waals surface area contributed by atoms with Crippen LogP contribution in [0.15, 0.2) is 64.6 Å².